The van der Waals surface area contributed by atoms with Gasteiger partial charge in [0.15, 0.2) is 5.06 Å². The standard InChI is InChI=1S/C7H10OS/c1-2-5-8-7-4-3-6-9-7/h3-4,6H,2,5H2,1H3. The highest BCUT2D eigenvalue weighted by molar-refractivity contribution is 7.11. The molecule has 0 aliphatic rings. The van der Waals surface area contributed by atoms with E-state index in [1.54, 1.807) is 11.3 Å². The molecule has 0 saturated carbocycles. The Hall–Kier alpha value is -0.500. The molecule has 0 radical (unpaired) electrons. The second kappa shape index (κ2) is 3.51. The monoisotopic (exact) mass is 142 g/mol. The third-order valence-electron chi connectivity index (χ3n) is 0.944. The van der Waals surface area contributed by atoms with Crippen molar-refractivity contribution in [1.29, 1.82) is 0 Å². The van der Waals surface area contributed by atoms with Crippen molar-refractivity contribution >= 4 is 11.3 Å². The predicted octanol–water partition coefficient (Wildman–Crippen LogP) is 2.54. The normalized spacial score (nSPS) is 9.44. The summed E-state index contributed by atoms with van der Waals surface area (Å²) in [5, 5.41) is 3.04. The molecule has 0 unspecified atom stereocenters. The van der Waals surface area contributed by atoms with Crippen LogP contribution >= 0.6 is 11.3 Å². The SMILES string of the molecule is CCCOc1cccs1. The minimum atomic E-state index is 0.834. The Bertz CT molecular complexity index is 146. The summed E-state index contributed by atoms with van der Waals surface area (Å²) in [7, 11) is 0. The molecule has 0 atom stereocenters. The molecule has 1 heterocycles. The highest BCUT2D eigenvalue weighted by Crippen LogP contribution is 2.17. The molecular weight excluding hydrogens is 132 g/mol. The fourth-order valence-corrected chi connectivity index (χ4v) is 1.15. The lowest BCUT2D eigenvalue weighted by molar-refractivity contribution is 0.326. The summed E-state index contributed by atoms with van der Waals surface area (Å²) >= 11 is 1.64. The molecule has 0 amide bonds. The second-order valence-electron chi connectivity index (χ2n) is 1.78. The molecule has 50 valence electrons. The number of hydrogen-bond donors (Lipinski definition) is 0. The van der Waals surface area contributed by atoms with Crippen molar-refractivity contribution in [3.05, 3.63) is 17.5 Å². The smallest absolute Gasteiger partial charge is 0.173 e. The average Bonchev–Trinajstić information content (AvgIpc) is 2.34. The van der Waals surface area contributed by atoms with E-state index in [2.05, 4.69) is 6.92 Å². The van der Waals surface area contributed by atoms with Gasteiger partial charge in [0.25, 0.3) is 0 Å². The van der Waals surface area contributed by atoms with Gasteiger partial charge in [-0.2, -0.15) is 0 Å². The van der Waals surface area contributed by atoms with Crippen molar-refractivity contribution in [2.24, 2.45) is 0 Å². The summed E-state index contributed by atoms with van der Waals surface area (Å²) in [6.07, 6.45) is 1.08. The molecule has 1 nitrogen and oxygen atoms in total. The van der Waals surface area contributed by atoms with Crippen molar-refractivity contribution < 1.29 is 4.74 Å². The third-order valence-corrected chi connectivity index (χ3v) is 1.72. The molecular formula is C7H10OS. The van der Waals surface area contributed by atoms with E-state index in [1.807, 2.05) is 17.5 Å². The van der Waals surface area contributed by atoms with Gasteiger partial charge in [-0.1, -0.05) is 6.92 Å². The van der Waals surface area contributed by atoms with Crippen LogP contribution in [0.4, 0.5) is 0 Å². The molecule has 0 aromatic carbocycles. The Morgan fingerprint density at radius 3 is 3.11 bits per heavy atom. The molecule has 0 fully saturated rings. The second-order valence-corrected chi connectivity index (χ2v) is 2.69. The molecule has 1 aromatic rings. The van der Waals surface area contributed by atoms with E-state index < -0.39 is 0 Å². The van der Waals surface area contributed by atoms with Gasteiger partial charge in [0.05, 0.1) is 6.61 Å². The van der Waals surface area contributed by atoms with Crippen molar-refractivity contribution in [2.45, 2.75) is 13.3 Å². The summed E-state index contributed by atoms with van der Waals surface area (Å²) in [5.74, 6) is 0. The number of hydrogen-bond acceptors (Lipinski definition) is 2. The maximum atomic E-state index is 5.31. The molecule has 0 saturated heterocycles. The van der Waals surface area contributed by atoms with Gasteiger partial charge in [-0.05, 0) is 23.9 Å². The Kier molecular flexibility index (Phi) is 2.58. The maximum Gasteiger partial charge on any atom is 0.173 e. The first-order valence-electron chi connectivity index (χ1n) is 3.10. The van der Waals surface area contributed by atoms with Gasteiger partial charge in [-0.3, -0.25) is 0 Å². The summed E-state index contributed by atoms with van der Waals surface area (Å²) in [5.41, 5.74) is 0. The molecule has 1 aromatic heterocycles. The van der Waals surface area contributed by atoms with Crippen molar-refractivity contribution in [2.75, 3.05) is 6.61 Å². The van der Waals surface area contributed by atoms with Gasteiger partial charge < -0.3 is 4.74 Å². The molecule has 0 spiro atoms. The van der Waals surface area contributed by atoms with Gasteiger partial charge in [0.1, 0.15) is 0 Å². The summed E-state index contributed by atoms with van der Waals surface area (Å²) in [6.45, 7) is 2.94. The lowest BCUT2D eigenvalue weighted by atomic mass is 10.5. The van der Waals surface area contributed by atoms with Crippen LogP contribution in [0.1, 0.15) is 13.3 Å². The van der Waals surface area contributed by atoms with Crippen LogP contribution in [-0.4, -0.2) is 6.61 Å². The first kappa shape index (κ1) is 6.62. The van der Waals surface area contributed by atoms with Crippen LogP contribution in [0, 0.1) is 0 Å². The molecule has 2 heteroatoms. The maximum absolute atomic E-state index is 5.31. The minimum Gasteiger partial charge on any atom is -0.484 e. The van der Waals surface area contributed by atoms with E-state index >= 15 is 0 Å². The first-order chi connectivity index (χ1) is 4.43. The molecule has 9 heavy (non-hydrogen) atoms. The Labute approximate surface area is 59.3 Å². The Morgan fingerprint density at radius 2 is 2.56 bits per heavy atom. The van der Waals surface area contributed by atoms with Crippen LogP contribution in [0.3, 0.4) is 0 Å². The summed E-state index contributed by atoms with van der Waals surface area (Å²) < 4.78 is 5.31. The van der Waals surface area contributed by atoms with Gasteiger partial charge >= 0.3 is 0 Å². The van der Waals surface area contributed by atoms with E-state index in [0.717, 1.165) is 18.1 Å². The minimum absolute atomic E-state index is 0.834. The third kappa shape index (κ3) is 2.06. The predicted molar refractivity (Wildman–Crippen MR) is 40.1 cm³/mol. The van der Waals surface area contributed by atoms with Gasteiger partial charge in [0.2, 0.25) is 0 Å². The van der Waals surface area contributed by atoms with Crippen LogP contribution in [0.5, 0.6) is 5.06 Å². The van der Waals surface area contributed by atoms with Crippen LogP contribution in [0.15, 0.2) is 17.5 Å². The van der Waals surface area contributed by atoms with E-state index in [4.69, 9.17) is 4.74 Å². The van der Waals surface area contributed by atoms with E-state index in [-0.39, 0.29) is 0 Å². The Morgan fingerprint density at radius 1 is 1.67 bits per heavy atom. The van der Waals surface area contributed by atoms with Gasteiger partial charge in [-0.25, -0.2) is 0 Å². The molecule has 1 rings (SSSR count). The summed E-state index contributed by atoms with van der Waals surface area (Å²) in [4.78, 5) is 0. The van der Waals surface area contributed by atoms with Crippen LogP contribution in [0.25, 0.3) is 0 Å². The van der Waals surface area contributed by atoms with E-state index in [0.29, 0.717) is 0 Å². The van der Waals surface area contributed by atoms with Gasteiger partial charge in [0, 0.05) is 0 Å². The van der Waals surface area contributed by atoms with E-state index in [1.165, 1.54) is 0 Å². The highest BCUT2D eigenvalue weighted by atomic mass is 32.1. The topological polar surface area (TPSA) is 9.23 Å². The zero-order chi connectivity index (χ0) is 6.53. The molecule has 0 bridgehead atoms. The molecule has 0 N–H and O–H groups in total. The van der Waals surface area contributed by atoms with Crippen LogP contribution in [-0.2, 0) is 0 Å². The number of ether oxygens (including phenoxy) is 1. The number of thiophene rings is 1. The van der Waals surface area contributed by atoms with Crippen molar-refractivity contribution in [3.63, 3.8) is 0 Å². The Balaban J connectivity index is 2.30. The first-order valence-corrected chi connectivity index (χ1v) is 3.97. The lowest BCUT2D eigenvalue weighted by Crippen LogP contribution is -1.91. The largest absolute Gasteiger partial charge is 0.484 e. The van der Waals surface area contributed by atoms with Gasteiger partial charge in [-0.15, -0.1) is 11.3 Å². The number of rotatable bonds is 3. The highest BCUT2D eigenvalue weighted by Gasteiger charge is 1.88. The lowest BCUT2D eigenvalue weighted by Gasteiger charge is -1.97. The quantitative estimate of drug-likeness (QED) is 0.630. The van der Waals surface area contributed by atoms with Crippen molar-refractivity contribution in [1.82, 2.24) is 0 Å². The van der Waals surface area contributed by atoms with E-state index in [9.17, 15) is 0 Å². The fourth-order valence-electron chi connectivity index (χ4n) is 0.548. The summed E-state index contributed by atoms with van der Waals surface area (Å²) in [6, 6.07) is 3.98. The average molecular weight is 142 g/mol. The van der Waals surface area contributed by atoms with Crippen LogP contribution < -0.4 is 4.74 Å². The molecule has 0 aliphatic carbocycles. The fraction of sp³-hybridized carbons (Fsp3) is 0.429. The molecule has 0 aliphatic heterocycles. The zero-order valence-corrected chi connectivity index (χ0v) is 6.28. The zero-order valence-electron chi connectivity index (χ0n) is 5.46. The van der Waals surface area contributed by atoms with Crippen molar-refractivity contribution in [3.8, 4) is 5.06 Å². The van der Waals surface area contributed by atoms with Crippen LogP contribution in [0.2, 0.25) is 0 Å².